The molecule has 1 atom stereocenters. The lowest BCUT2D eigenvalue weighted by molar-refractivity contribution is 0.113. The maximum atomic E-state index is 9.18. The molecule has 2 N–H and O–H groups in total. The van der Waals surface area contributed by atoms with Gasteiger partial charge in [-0.25, -0.2) is 0 Å². The van der Waals surface area contributed by atoms with Gasteiger partial charge in [0.2, 0.25) is 0 Å². The number of aliphatic hydroxyl groups excluding tert-OH is 2. The summed E-state index contributed by atoms with van der Waals surface area (Å²) in [5, 5.41) is 17.8. The second-order valence-electron chi connectivity index (χ2n) is 4.25. The van der Waals surface area contributed by atoms with Crippen LogP contribution in [0.4, 0.5) is 0 Å². The van der Waals surface area contributed by atoms with E-state index in [1.165, 1.54) is 11.1 Å². The number of benzene rings is 1. The molecule has 1 aromatic carbocycles. The van der Waals surface area contributed by atoms with Crippen molar-refractivity contribution in [1.29, 1.82) is 0 Å². The third-order valence-corrected chi connectivity index (χ3v) is 3.59. The van der Waals surface area contributed by atoms with E-state index in [2.05, 4.69) is 38.1 Å². The molecule has 0 aliphatic carbocycles. The van der Waals surface area contributed by atoms with Crippen molar-refractivity contribution in [1.82, 2.24) is 0 Å². The highest BCUT2D eigenvalue weighted by Gasteiger charge is 2.03. The lowest BCUT2D eigenvalue weighted by Gasteiger charge is -2.08. The van der Waals surface area contributed by atoms with Crippen molar-refractivity contribution in [2.75, 3.05) is 12.4 Å². The van der Waals surface area contributed by atoms with Gasteiger partial charge in [0.15, 0.2) is 0 Å². The SMILES string of the molecule is CC(C)c1ccc(CSCC(O)CO)cc1. The molecule has 0 amide bonds. The molecule has 16 heavy (non-hydrogen) atoms. The summed E-state index contributed by atoms with van der Waals surface area (Å²) < 4.78 is 0. The third kappa shape index (κ3) is 4.56. The lowest BCUT2D eigenvalue weighted by Crippen LogP contribution is -2.14. The van der Waals surface area contributed by atoms with Gasteiger partial charge in [0.1, 0.15) is 0 Å². The van der Waals surface area contributed by atoms with Gasteiger partial charge < -0.3 is 10.2 Å². The molecular weight excluding hydrogens is 220 g/mol. The van der Waals surface area contributed by atoms with Crippen LogP contribution in [0.1, 0.15) is 30.9 Å². The largest absolute Gasteiger partial charge is 0.394 e. The van der Waals surface area contributed by atoms with Crippen LogP contribution < -0.4 is 0 Å². The van der Waals surface area contributed by atoms with Gasteiger partial charge in [0.05, 0.1) is 12.7 Å². The zero-order valence-electron chi connectivity index (χ0n) is 9.89. The normalized spacial score (nSPS) is 13.1. The number of hydrogen-bond donors (Lipinski definition) is 2. The fourth-order valence-electron chi connectivity index (χ4n) is 1.36. The van der Waals surface area contributed by atoms with Gasteiger partial charge >= 0.3 is 0 Å². The van der Waals surface area contributed by atoms with Gasteiger partial charge in [-0.05, 0) is 17.0 Å². The van der Waals surface area contributed by atoms with Crippen molar-refractivity contribution in [2.24, 2.45) is 0 Å². The molecule has 0 aliphatic heterocycles. The first kappa shape index (κ1) is 13.6. The van der Waals surface area contributed by atoms with Gasteiger partial charge in [-0.1, -0.05) is 38.1 Å². The minimum Gasteiger partial charge on any atom is -0.394 e. The first-order chi connectivity index (χ1) is 7.63. The Morgan fingerprint density at radius 2 is 1.81 bits per heavy atom. The van der Waals surface area contributed by atoms with E-state index in [1.54, 1.807) is 11.8 Å². The van der Waals surface area contributed by atoms with Crippen molar-refractivity contribution < 1.29 is 10.2 Å². The molecule has 1 aromatic rings. The smallest absolute Gasteiger partial charge is 0.0861 e. The molecule has 1 rings (SSSR count). The van der Waals surface area contributed by atoms with Crippen molar-refractivity contribution >= 4 is 11.8 Å². The predicted octanol–water partition coefficient (Wildman–Crippen LogP) is 2.40. The van der Waals surface area contributed by atoms with Crippen LogP contribution in [-0.2, 0) is 5.75 Å². The van der Waals surface area contributed by atoms with E-state index < -0.39 is 6.10 Å². The van der Waals surface area contributed by atoms with Gasteiger partial charge in [-0.15, -0.1) is 0 Å². The molecule has 1 unspecified atom stereocenters. The lowest BCUT2D eigenvalue weighted by atomic mass is 10.0. The molecule has 0 fully saturated rings. The number of hydrogen-bond acceptors (Lipinski definition) is 3. The molecule has 0 bridgehead atoms. The molecule has 0 heterocycles. The van der Waals surface area contributed by atoms with Crippen molar-refractivity contribution in [3.05, 3.63) is 35.4 Å². The van der Waals surface area contributed by atoms with E-state index in [4.69, 9.17) is 5.11 Å². The molecule has 0 aliphatic rings. The Morgan fingerprint density at radius 1 is 1.19 bits per heavy atom. The van der Waals surface area contributed by atoms with Gasteiger partial charge in [0.25, 0.3) is 0 Å². The van der Waals surface area contributed by atoms with Crippen LogP contribution in [0.15, 0.2) is 24.3 Å². The van der Waals surface area contributed by atoms with E-state index >= 15 is 0 Å². The van der Waals surface area contributed by atoms with E-state index in [1.807, 2.05) is 0 Å². The zero-order chi connectivity index (χ0) is 12.0. The Kier molecular flexibility index (Phi) is 5.88. The fraction of sp³-hybridized carbons (Fsp3) is 0.538. The van der Waals surface area contributed by atoms with Crippen molar-refractivity contribution in [3.8, 4) is 0 Å². The van der Waals surface area contributed by atoms with Crippen LogP contribution in [0.5, 0.6) is 0 Å². The van der Waals surface area contributed by atoms with Crippen LogP contribution in [0.2, 0.25) is 0 Å². The number of rotatable bonds is 6. The predicted molar refractivity (Wildman–Crippen MR) is 69.8 cm³/mol. The summed E-state index contributed by atoms with van der Waals surface area (Å²) in [5.74, 6) is 2.04. The topological polar surface area (TPSA) is 40.5 Å². The van der Waals surface area contributed by atoms with Crippen molar-refractivity contribution in [3.63, 3.8) is 0 Å². The van der Waals surface area contributed by atoms with Gasteiger partial charge in [0, 0.05) is 11.5 Å². The molecule has 0 spiro atoms. The second kappa shape index (κ2) is 6.94. The first-order valence-electron chi connectivity index (χ1n) is 5.59. The Hall–Kier alpha value is -0.510. The summed E-state index contributed by atoms with van der Waals surface area (Å²) in [7, 11) is 0. The summed E-state index contributed by atoms with van der Waals surface area (Å²) in [6.45, 7) is 4.21. The molecule has 0 aromatic heterocycles. The Morgan fingerprint density at radius 3 is 2.31 bits per heavy atom. The standard InChI is InChI=1S/C13H20O2S/c1-10(2)12-5-3-11(4-6-12)8-16-9-13(15)7-14/h3-6,10,13-15H,7-9H2,1-2H3. The summed E-state index contributed by atoms with van der Waals surface area (Å²) in [6.07, 6.45) is -0.597. The van der Waals surface area contributed by atoms with Gasteiger partial charge in [-0.2, -0.15) is 11.8 Å². The Balaban J connectivity index is 2.38. The fourth-order valence-corrected chi connectivity index (χ4v) is 2.29. The summed E-state index contributed by atoms with van der Waals surface area (Å²) in [5.41, 5.74) is 2.61. The van der Waals surface area contributed by atoms with Gasteiger partial charge in [-0.3, -0.25) is 0 Å². The average molecular weight is 240 g/mol. The Bertz CT molecular complexity index is 295. The number of aliphatic hydroxyl groups is 2. The van der Waals surface area contributed by atoms with E-state index in [9.17, 15) is 5.11 Å². The van der Waals surface area contributed by atoms with E-state index in [0.29, 0.717) is 11.7 Å². The summed E-state index contributed by atoms with van der Waals surface area (Å²) in [4.78, 5) is 0. The molecule has 90 valence electrons. The van der Waals surface area contributed by atoms with Crippen LogP contribution >= 0.6 is 11.8 Å². The molecule has 2 nitrogen and oxygen atoms in total. The third-order valence-electron chi connectivity index (χ3n) is 2.44. The Labute approximate surface area is 102 Å². The molecule has 0 radical (unpaired) electrons. The van der Waals surface area contributed by atoms with Crippen molar-refractivity contribution in [2.45, 2.75) is 31.6 Å². The molecular formula is C13H20O2S. The maximum Gasteiger partial charge on any atom is 0.0861 e. The molecule has 0 saturated carbocycles. The molecule has 3 heteroatoms. The van der Waals surface area contributed by atoms with E-state index in [0.717, 1.165) is 5.75 Å². The van der Waals surface area contributed by atoms with Crippen LogP contribution in [0.25, 0.3) is 0 Å². The minimum atomic E-state index is -0.597. The van der Waals surface area contributed by atoms with Crippen LogP contribution in [0.3, 0.4) is 0 Å². The highest BCUT2D eigenvalue weighted by molar-refractivity contribution is 7.98. The first-order valence-corrected chi connectivity index (χ1v) is 6.74. The molecule has 0 saturated heterocycles. The summed E-state index contributed by atoms with van der Waals surface area (Å²) >= 11 is 1.64. The maximum absolute atomic E-state index is 9.18. The summed E-state index contributed by atoms with van der Waals surface area (Å²) in [6, 6.07) is 8.58. The monoisotopic (exact) mass is 240 g/mol. The second-order valence-corrected chi connectivity index (χ2v) is 5.28. The highest BCUT2D eigenvalue weighted by atomic mass is 32.2. The zero-order valence-corrected chi connectivity index (χ0v) is 10.7. The quantitative estimate of drug-likeness (QED) is 0.802. The average Bonchev–Trinajstić information content (AvgIpc) is 2.29. The minimum absolute atomic E-state index is 0.153. The van der Waals surface area contributed by atoms with Crippen LogP contribution in [0, 0.1) is 0 Å². The van der Waals surface area contributed by atoms with Crippen LogP contribution in [-0.4, -0.2) is 28.7 Å². The van der Waals surface area contributed by atoms with E-state index in [-0.39, 0.29) is 6.61 Å². The highest BCUT2D eigenvalue weighted by Crippen LogP contribution is 2.18. The number of thioether (sulfide) groups is 1.